The summed E-state index contributed by atoms with van der Waals surface area (Å²) in [6.45, 7) is -11.8. The van der Waals surface area contributed by atoms with Crippen LogP contribution in [0.1, 0.15) is 104 Å². The van der Waals surface area contributed by atoms with E-state index in [9.17, 15) is 79.9 Å². The van der Waals surface area contributed by atoms with Crippen molar-refractivity contribution in [1.29, 1.82) is 0 Å². The van der Waals surface area contributed by atoms with Gasteiger partial charge in [0.15, 0.2) is 18.9 Å². The first-order valence-electron chi connectivity index (χ1n) is 33.6. The van der Waals surface area contributed by atoms with E-state index in [-0.39, 0.29) is 132 Å². The number of amides is 3. The lowest BCUT2D eigenvalue weighted by atomic mass is 9.92. The van der Waals surface area contributed by atoms with E-state index in [4.69, 9.17) is 131 Å². The van der Waals surface area contributed by atoms with E-state index in [1.165, 1.54) is 27.9 Å². The minimum absolute atomic E-state index is 0.00966. The van der Waals surface area contributed by atoms with E-state index < -0.39 is 162 Å². The Balaban J connectivity index is 1.60. The first-order valence-corrected chi connectivity index (χ1v) is 43.9. The molecule has 3 saturated heterocycles. The molecule has 0 aliphatic carbocycles. The smallest absolute Gasteiger partial charge is 0.324 e. The molecule has 3 aliphatic heterocycles. The van der Waals surface area contributed by atoms with Gasteiger partial charge in [-0.1, -0.05) is 12.8 Å². The number of aliphatic hydroxyl groups is 9. The molecular weight excluding hydrogens is 1520 g/mol. The van der Waals surface area contributed by atoms with Gasteiger partial charge < -0.3 is 165 Å². The SMILES string of the molecule is COP(O)(=S)OCCCCCCOCC(COCCCOP(O)(=S)OCCCCO[C@@H]1OC(CO)[C@H](O)[C@H](O)C1NC(C)=O)(COCCCOP(O)(=S)OCCCCO[C@@H]1OC(CO)[C@H](O)[C@H](O)C1NC(C)=O)COCCCOP(O)(=S)OCCCCO[C@@H]1OC(CO)[C@H](O)[C@H](O)C1NC(C)=O. The monoisotopic (exact) mass is 1630 g/mol. The fourth-order valence-corrected chi connectivity index (χ4v) is 14.4. The van der Waals surface area contributed by atoms with Gasteiger partial charge >= 0.3 is 26.9 Å². The molecular formula is C57H111N3O34P4S4. The number of ether oxygens (including phenoxy) is 10. The number of rotatable bonds is 59. The fourth-order valence-electron chi connectivity index (χ4n) is 10.0. The van der Waals surface area contributed by atoms with Crippen LogP contribution in [-0.4, -0.2) is 321 Å². The summed E-state index contributed by atoms with van der Waals surface area (Å²) in [6.07, 6.45) is -10.3. The van der Waals surface area contributed by atoms with Crippen molar-refractivity contribution in [2.75, 3.05) is 146 Å². The number of hydrogen-bond acceptors (Lipinski definition) is 34. The molecule has 0 spiro atoms. The average molecular weight is 1630 g/mol. The number of carbonyl (C=O) groups is 3. The quantitative estimate of drug-likeness (QED) is 0.0246. The van der Waals surface area contributed by atoms with Crippen LogP contribution >= 0.6 is 26.9 Å². The predicted octanol–water partition coefficient (Wildman–Crippen LogP) is -1.38. The Bertz CT molecular complexity index is 2300. The van der Waals surface area contributed by atoms with E-state index in [1.54, 1.807) is 0 Å². The third-order valence-electron chi connectivity index (χ3n) is 15.3. The summed E-state index contributed by atoms with van der Waals surface area (Å²) in [5.74, 6) is -1.50. The Hall–Kier alpha value is -0.230. The zero-order chi connectivity index (χ0) is 75.8. The lowest BCUT2D eigenvalue weighted by Gasteiger charge is -2.42. The van der Waals surface area contributed by atoms with Crippen LogP contribution < -0.4 is 16.0 Å². The Morgan fingerprint density at radius 2 is 0.578 bits per heavy atom. The first-order chi connectivity index (χ1) is 48.3. The van der Waals surface area contributed by atoms with E-state index in [0.29, 0.717) is 58.0 Å². The Morgan fingerprint density at radius 3 is 0.833 bits per heavy atom. The topological polar surface area (TPSA) is 516 Å². The van der Waals surface area contributed by atoms with E-state index in [2.05, 4.69) is 16.0 Å². The van der Waals surface area contributed by atoms with Crippen molar-refractivity contribution in [3.05, 3.63) is 0 Å². The third kappa shape index (κ3) is 39.1. The molecule has 3 heterocycles. The second-order valence-electron chi connectivity index (χ2n) is 24.1. The molecule has 0 aromatic heterocycles. The van der Waals surface area contributed by atoms with Crippen LogP contribution in [0.25, 0.3) is 0 Å². The van der Waals surface area contributed by atoms with Crippen LogP contribution in [0.5, 0.6) is 0 Å². The van der Waals surface area contributed by atoms with Crippen LogP contribution in [0, 0.1) is 5.41 Å². The number of hydrogen-bond donors (Lipinski definition) is 16. The molecule has 0 aromatic carbocycles. The maximum atomic E-state index is 11.8. The molecule has 37 nitrogen and oxygen atoms in total. The molecule has 0 saturated carbocycles. The first kappa shape index (κ1) is 96.0. The molecule has 16 N–H and O–H groups in total. The molecule has 602 valence electrons. The number of carbonyl (C=O) groups excluding carboxylic acids is 3. The van der Waals surface area contributed by atoms with Crippen LogP contribution in [0.3, 0.4) is 0 Å². The standard InChI is InChI=1S/C57H111N3O34P4S4/c1-39(64)58-45-51(70)48(67)42(32-61)92-54(45)82-22-9-12-26-86-96(74,100)89-29-15-19-79-36-57(35-78-18-7-5-6-8-25-85-95(73,99)77-4,37-80-20-16-30-90-97(75,101)87-27-13-10-23-83-55-46(59-40(2)65)52(71)49(68)43(33-62)93-55)38-81-21-17-31-91-98(76,102)88-28-14-11-24-84-56-47(60-41(3)66)53(72)50(69)44(34-63)94-56/h42-56,61-63,67-72H,5-38H2,1-4H3,(H,58,64)(H,59,65)(H,60,66)(H,73,99)(H,74,100)(H,75,101)(H,76,102)/t42?,43?,44?,45?,46?,47?,48-,49-,50-,51+,52+,53+,54+,55+,56+,57?,95?,96?,97?,98?/m0/s1. The van der Waals surface area contributed by atoms with Gasteiger partial charge in [0, 0.05) is 74.1 Å². The van der Waals surface area contributed by atoms with Crippen molar-refractivity contribution in [2.24, 2.45) is 5.41 Å². The van der Waals surface area contributed by atoms with Crippen LogP contribution in [0.2, 0.25) is 0 Å². The maximum absolute atomic E-state index is 11.8. The third-order valence-corrected chi connectivity index (χ3v) is 22.0. The molecule has 3 fully saturated rings. The van der Waals surface area contributed by atoms with Crippen molar-refractivity contribution < 1.29 is 163 Å². The molecule has 45 heteroatoms. The summed E-state index contributed by atoms with van der Waals surface area (Å²) in [7, 11) is 1.28. The largest absolute Gasteiger partial charge is 0.394 e. The van der Waals surface area contributed by atoms with Crippen molar-refractivity contribution >= 4 is 91.8 Å². The molecule has 3 rings (SSSR count). The van der Waals surface area contributed by atoms with E-state index in [0.717, 1.165) is 12.8 Å². The highest BCUT2D eigenvalue weighted by atomic mass is 32.5. The zero-order valence-electron chi connectivity index (χ0n) is 58.0. The highest BCUT2D eigenvalue weighted by Crippen LogP contribution is 2.46. The maximum Gasteiger partial charge on any atom is 0.324 e. The van der Waals surface area contributed by atoms with Crippen molar-refractivity contribution in [2.45, 2.75) is 196 Å². The molecule has 3 amide bonds. The van der Waals surface area contributed by atoms with Crippen LogP contribution in [-0.2, 0) is 145 Å². The normalized spacial score (nSPS) is 28.5. The summed E-state index contributed by atoms with van der Waals surface area (Å²) < 4.78 is 102. The summed E-state index contributed by atoms with van der Waals surface area (Å²) in [6, 6.07) is -3.33. The van der Waals surface area contributed by atoms with Gasteiger partial charge in [-0.15, -0.1) is 0 Å². The van der Waals surface area contributed by atoms with Gasteiger partial charge in [-0.2, -0.15) is 0 Å². The Labute approximate surface area is 615 Å². The number of nitrogens with one attached hydrogen (secondary N) is 3. The van der Waals surface area contributed by atoms with E-state index in [1.807, 2.05) is 0 Å². The fraction of sp³-hybridized carbons (Fsp3) is 0.947. The van der Waals surface area contributed by atoms with Gasteiger partial charge in [-0.25, -0.2) is 0 Å². The van der Waals surface area contributed by atoms with Gasteiger partial charge in [0.05, 0.1) is 97.9 Å². The minimum Gasteiger partial charge on any atom is -0.394 e. The molecule has 0 radical (unpaired) electrons. The highest BCUT2D eigenvalue weighted by molar-refractivity contribution is 8.08. The van der Waals surface area contributed by atoms with Gasteiger partial charge in [-0.05, 0) is 118 Å². The van der Waals surface area contributed by atoms with Crippen molar-refractivity contribution in [1.82, 2.24) is 16.0 Å². The molecule has 0 bridgehead atoms. The Kier molecular flexibility index (Phi) is 49.0. The van der Waals surface area contributed by atoms with Crippen molar-refractivity contribution in [3.63, 3.8) is 0 Å². The summed E-state index contributed by atoms with van der Waals surface area (Å²) in [4.78, 5) is 77.7. The second-order valence-corrected chi connectivity index (χ2v) is 35.6. The average Bonchev–Trinajstić information content (AvgIpc) is 0.820. The summed E-state index contributed by atoms with van der Waals surface area (Å²) >= 11 is 20.6. The minimum atomic E-state index is -3.72. The van der Waals surface area contributed by atoms with E-state index >= 15 is 0 Å². The predicted molar refractivity (Wildman–Crippen MR) is 374 cm³/mol. The van der Waals surface area contributed by atoms with Crippen LogP contribution in [0.15, 0.2) is 0 Å². The lowest BCUT2D eigenvalue weighted by Crippen LogP contribution is -2.64. The van der Waals surface area contributed by atoms with Gasteiger partial charge in [0.1, 0.15) is 73.1 Å². The number of aliphatic hydroxyl groups excluding tert-OH is 9. The zero-order valence-corrected chi connectivity index (χ0v) is 64.9. The Morgan fingerprint density at radius 1 is 0.353 bits per heavy atom. The number of unbranched alkanes of at least 4 members (excludes halogenated alkanes) is 6. The summed E-state index contributed by atoms with van der Waals surface area (Å²) in [5, 5.41) is 98.7. The van der Waals surface area contributed by atoms with Gasteiger partial charge in [0.25, 0.3) is 0 Å². The van der Waals surface area contributed by atoms with Crippen molar-refractivity contribution in [3.8, 4) is 0 Å². The molecule has 10 unspecified atom stereocenters. The molecule has 0 aromatic rings. The lowest BCUT2D eigenvalue weighted by molar-refractivity contribution is -0.270. The highest BCUT2D eigenvalue weighted by Gasteiger charge is 2.48. The van der Waals surface area contributed by atoms with Gasteiger partial charge in [0.2, 0.25) is 17.7 Å². The molecule has 102 heavy (non-hydrogen) atoms. The molecule has 19 atom stereocenters. The van der Waals surface area contributed by atoms with Crippen LogP contribution in [0.4, 0.5) is 0 Å². The van der Waals surface area contributed by atoms with Gasteiger partial charge in [-0.3, -0.25) is 14.4 Å². The molecule has 3 aliphatic rings. The second kappa shape index (κ2) is 52.1. The summed E-state index contributed by atoms with van der Waals surface area (Å²) in [5.41, 5.74) is -0.982.